The molecule has 0 aromatic heterocycles. The van der Waals surface area contributed by atoms with E-state index in [1.54, 1.807) is 14.2 Å². The van der Waals surface area contributed by atoms with E-state index in [-0.39, 0.29) is 18.2 Å². The van der Waals surface area contributed by atoms with Crippen LogP contribution >= 0.6 is 8.53 Å². The molecule has 0 spiro atoms. The van der Waals surface area contributed by atoms with Crippen molar-refractivity contribution in [3.63, 3.8) is 0 Å². The summed E-state index contributed by atoms with van der Waals surface area (Å²) in [5, 5.41) is 9.04. The van der Waals surface area contributed by atoms with E-state index in [1.807, 2.05) is 42.5 Å². The van der Waals surface area contributed by atoms with Crippen LogP contribution in [0.1, 0.15) is 64.2 Å². The van der Waals surface area contributed by atoms with Crippen LogP contribution in [0.15, 0.2) is 78.9 Å². The third kappa shape index (κ3) is 8.53. The maximum atomic E-state index is 9.04. The summed E-state index contributed by atoms with van der Waals surface area (Å²) in [6.07, 6.45) is 0.830. The zero-order valence-electron chi connectivity index (χ0n) is 25.9. The minimum atomic E-state index is -1.34. The van der Waals surface area contributed by atoms with Gasteiger partial charge >= 0.3 is 0 Å². The molecule has 0 radical (unpaired) electrons. The molecule has 2 atom stereocenters. The van der Waals surface area contributed by atoms with Gasteiger partial charge in [-0.1, -0.05) is 54.6 Å². The molecule has 0 aliphatic carbocycles. The molecule has 3 rings (SSSR count). The summed E-state index contributed by atoms with van der Waals surface area (Å²) < 4.78 is 32.8. The Labute approximate surface area is 253 Å². The van der Waals surface area contributed by atoms with Crippen LogP contribution in [-0.2, 0) is 19.4 Å². The SMILES string of the molecule is COc1ccc(C(OCC[C@@H](C)OP(OCCC#N)N(C(C)C)C(C)C)(c2ccccc2)c2ccc(OC)cc2)cc1. The molecule has 226 valence electrons. The van der Waals surface area contributed by atoms with Crippen molar-refractivity contribution in [3.05, 3.63) is 95.6 Å². The molecule has 0 heterocycles. The predicted molar refractivity (Wildman–Crippen MR) is 169 cm³/mol. The lowest BCUT2D eigenvalue weighted by Gasteiger charge is -2.38. The highest BCUT2D eigenvalue weighted by atomic mass is 31.2. The van der Waals surface area contributed by atoms with Crippen molar-refractivity contribution in [2.24, 2.45) is 0 Å². The molecule has 42 heavy (non-hydrogen) atoms. The standard InChI is InChI=1S/C34H45N2O5P/c1-26(2)36(27(3)4)42(40-24-11-23-35)41-28(5)22-25-39-34(29-12-9-8-10-13-29,30-14-18-32(37-6)19-15-30)31-16-20-33(38-7)21-17-31/h8-10,12-21,26-28H,11,22,24-25H2,1-7H3/t28-,42?/m1/s1. The zero-order chi connectivity index (χ0) is 30.5. The van der Waals surface area contributed by atoms with Crippen molar-refractivity contribution in [2.45, 2.75) is 71.2 Å². The lowest BCUT2D eigenvalue weighted by Crippen LogP contribution is -2.35. The maximum absolute atomic E-state index is 9.04. The average molecular weight is 593 g/mol. The first-order valence-electron chi connectivity index (χ1n) is 14.5. The van der Waals surface area contributed by atoms with E-state index in [0.717, 1.165) is 28.2 Å². The van der Waals surface area contributed by atoms with E-state index in [1.165, 1.54) is 0 Å². The molecule has 0 saturated heterocycles. The molecule has 8 heteroatoms. The Bertz CT molecular complexity index is 1170. The van der Waals surface area contributed by atoms with Gasteiger partial charge < -0.3 is 23.3 Å². The normalized spacial score (nSPS) is 13.3. The Morgan fingerprint density at radius 2 is 1.24 bits per heavy atom. The zero-order valence-corrected chi connectivity index (χ0v) is 26.8. The molecule has 0 saturated carbocycles. The summed E-state index contributed by atoms with van der Waals surface area (Å²) in [6.45, 7) is 11.4. The van der Waals surface area contributed by atoms with E-state index in [2.05, 4.69) is 81.8 Å². The molecular weight excluding hydrogens is 547 g/mol. The highest BCUT2D eigenvalue weighted by Crippen LogP contribution is 2.48. The van der Waals surface area contributed by atoms with Gasteiger partial charge in [0.25, 0.3) is 8.53 Å². The molecule has 3 aromatic rings. The van der Waals surface area contributed by atoms with Crippen molar-refractivity contribution in [2.75, 3.05) is 27.4 Å². The topological polar surface area (TPSA) is 73.2 Å². The van der Waals surface area contributed by atoms with Crippen molar-refractivity contribution < 1.29 is 23.3 Å². The van der Waals surface area contributed by atoms with Crippen LogP contribution in [-0.4, -0.2) is 50.3 Å². The fourth-order valence-corrected chi connectivity index (χ4v) is 6.67. The largest absolute Gasteiger partial charge is 0.497 e. The lowest BCUT2D eigenvalue weighted by molar-refractivity contribution is -0.00201. The summed E-state index contributed by atoms with van der Waals surface area (Å²) in [4.78, 5) is 0. The van der Waals surface area contributed by atoms with Gasteiger partial charge in [0.05, 0.1) is 46.0 Å². The van der Waals surface area contributed by atoms with Crippen LogP contribution in [0.3, 0.4) is 0 Å². The van der Waals surface area contributed by atoms with E-state index >= 15 is 0 Å². The number of ether oxygens (including phenoxy) is 3. The second kappa shape index (κ2) is 16.6. The second-order valence-electron chi connectivity index (χ2n) is 10.6. The monoisotopic (exact) mass is 592 g/mol. The van der Waals surface area contributed by atoms with Crippen LogP contribution < -0.4 is 9.47 Å². The van der Waals surface area contributed by atoms with Crippen LogP contribution in [0.25, 0.3) is 0 Å². The minimum Gasteiger partial charge on any atom is -0.497 e. The van der Waals surface area contributed by atoms with Gasteiger partial charge in [-0.3, -0.25) is 0 Å². The average Bonchev–Trinajstić information content (AvgIpc) is 3.00. The number of hydrogen-bond donors (Lipinski definition) is 0. The number of methoxy groups -OCH3 is 2. The Morgan fingerprint density at radius 1 is 0.738 bits per heavy atom. The van der Waals surface area contributed by atoms with Crippen molar-refractivity contribution in [1.82, 2.24) is 4.67 Å². The number of nitriles is 1. The third-order valence-corrected chi connectivity index (χ3v) is 9.19. The minimum absolute atomic E-state index is 0.140. The van der Waals surface area contributed by atoms with Gasteiger partial charge in [0.2, 0.25) is 0 Å². The number of hydrogen-bond acceptors (Lipinski definition) is 7. The summed E-state index contributed by atoms with van der Waals surface area (Å²) in [6, 6.07) is 29.0. The van der Waals surface area contributed by atoms with Gasteiger partial charge in [0.1, 0.15) is 17.1 Å². The van der Waals surface area contributed by atoms with Crippen LogP contribution in [0.5, 0.6) is 11.5 Å². The number of nitrogens with zero attached hydrogens (tertiary/aromatic N) is 2. The summed E-state index contributed by atoms with van der Waals surface area (Å²) in [5.74, 6) is 1.56. The highest BCUT2D eigenvalue weighted by molar-refractivity contribution is 7.44. The smallest absolute Gasteiger partial charge is 0.259 e. The van der Waals surface area contributed by atoms with Gasteiger partial charge in [0.15, 0.2) is 0 Å². The Kier molecular flexibility index (Phi) is 13.3. The van der Waals surface area contributed by atoms with Crippen LogP contribution in [0, 0.1) is 11.3 Å². The van der Waals surface area contributed by atoms with Gasteiger partial charge in [-0.25, -0.2) is 4.67 Å². The first-order valence-corrected chi connectivity index (χ1v) is 15.6. The predicted octanol–water partition coefficient (Wildman–Crippen LogP) is 8.08. The Morgan fingerprint density at radius 3 is 1.69 bits per heavy atom. The van der Waals surface area contributed by atoms with Crippen LogP contribution in [0.2, 0.25) is 0 Å². The van der Waals surface area contributed by atoms with E-state index in [0.29, 0.717) is 26.1 Å². The number of rotatable bonds is 17. The van der Waals surface area contributed by atoms with Gasteiger partial charge in [-0.2, -0.15) is 5.26 Å². The fourth-order valence-electron chi connectivity index (χ4n) is 4.95. The molecule has 0 fully saturated rings. The molecule has 0 bridgehead atoms. The van der Waals surface area contributed by atoms with Crippen molar-refractivity contribution in [1.29, 1.82) is 5.26 Å². The first kappa shape index (κ1) is 33.5. The second-order valence-corrected chi connectivity index (χ2v) is 12.0. The summed E-state index contributed by atoms with van der Waals surface area (Å²) >= 11 is 0. The molecule has 0 aliphatic heterocycles. The summed E-state index contributed by atoms with van der Waals surface area (Å²) in [7, 11) is 1.99. The molecule has 0 amide bonds. The maximum Gasteiger partial charge on any atom is 0.259 e. The van der Waals surface area contributed by atoms with E-state index in [4.69, 9.17) is 28.5 Å². The first-order chi connectivity index (χ1) is 20.3. The van der Waals surface area contributed by atoms with E-state index < -0.39 is 14.1 Å². The molecule has 1 unspecified atom stereocenters. The molecule has 3 aromatic carbocycles. The molecular formula is C34H45N2O5P. The lowest BCUT2D eigenvalue weighted by atomic mass is 9.80. The van der Waals surface area contributed by atoms with Crippen LogP contribution in [0.4, 0.5) is 0 Å². The molecule has 0 aliphatic rings. The molecule has 7 nitrogen and oxygen atoms in total. The quantitative estimate of drug-likeness (QED) is 0.0891. The number of benzene rings is 3. The highest BCUT2D eigenvalue weighted by Gasteiger charge is 2.38. The van der Waals surface area contributed by atoms with E-state index in [9.17, 15) is 0 Å². The van der Waals surface area contributed by atoms with Crippen molar-refractivity contribution >= 4 is 8.53 Å². The van der Waals surface area contributed by atoms with Gasteiger partial charge in [-0.05, 0) is 82.0 Å². The molecule has 0 N–H and O–H groups in total. The van der Waals surface area contributed by atoms with Gasteiger partial charge in [-0.15, -0.1) is 0 Å². The Hall–Kier alpha value is -2.98. The third-order valence-electron chi connectivity index (χ3n) is 6.95. The van der Waals surface area contributed by atoms with Gasteiger partial charge in [0, 0.05) is 12.1 Å². The van der Waals surface area contributed by atoms with Crippen molar-refractivity contribution in [3.8, 4) is 17.6 Å². The summed E-state index contributed by atoms with van der Waals surface area (Å²) in [5.41, 5.74) is 2.11. The Balaban J connectivity index is 1.93. The fraction of sp³-hybridized carbons (Fsp3) is 0.441.